The van der Waals surface area contributed by atoms with Gasteiger partial charge in [0.15, 0.2) is 4.32 Å². The van der Waals surface area contributed by atoms with Crippen molar-refractivity contribution in [1.82, 2.24) is 0 Å². The number of rotatable bonds is 6. The van der Waals surface area contributed by atoms with Crippen molar-refractivity contribution in [3.8, 4) is 5.75 Å². The summed E-state index contributed by atoms with van der Waals surface area (Å²) in [4.78, 5) is 15.4. The first kappa shape index (κ1) is 20.6. The van der Waals surface area contributed by atoms with E-state index in [-0.39, 0.29) is 5.91 Å². The summed E-state index contributed by atoms with van der Waals surface area (Å²) in [5, 5.41) is 2.17. The van der Waals surface area contributed by atoms with Crippen LogP contribution in [0.15, 0.2) is 65.6 Å². The van der Waals surface area contributed by atoms with E-state index < -0.39 is 0 Å². The van der Waals surface area contributed by atoms with Crippen molar-refractivity contribution < 1.29 is 9.53 Å². The Morgan fingerprint density at radius 3 is 2.60 bits per heavy atom. The molecule has 5 heteroatoms. The molecular weight excluding hydrogens is 410 g/mol. The third kappa shape index (κ3) is 4.13. The molecule has 0 radical (unpaired) electrons. The molecule has 0 aromatic heterocycles. The van der Waals surface area contributed by atoms with Crippen molar-refractivity contribution in [2.75, 3.05) is 11.5 Å². The fourth-order valence-electron chi connectivity index (χ4n) is 3.39. The maximum Gasteiger partial charge on any atom is 0.270 e. The molecule has 3 aromatic rings. The van der Waals surface area contributed by atoms with Gasteiger partial charge >= 0.3 is 0 Å². The molecule has 1 aliphatic rings. The minimum Gasteiger partial charge on any atom is -0.493 e. The number of hydrogen-bond acceptors (Lipinski definition) is 4. The van der Waals surface area contributed by atoms with E-state index in [1.165, 1.54) is 11.8 Å². The van der Waals surface area contributed by atoms with E-state index in [0.29, 0.717) is 15.8 Å². The van der Waals surface area contributed by atoms with Crippen molar-refractivity contribution in [3.63, 3.8) is 0 Å². The lowest BCUT2D eigenvalue weighted by Crippen LogP contribution is -2.27. The number of aryl methyl sites for hydroxylation is 1. The van der Waals surface area contributed by atoms with Crippen molar-refractivity contribution >= 4 is 56.7 Å². The third-order valence-electron chi connectivity index (χ3n) is 5.05. The molecule has 3 nitrogen and oxygen atoms in total. The zero-order chi connectivity index (χ0) is 21.1. The van der Waals surface area contributed by atoms with E-state index in [0.717, 1.165) is 46.2 Å². The van der Waals surface area contributed by atoms with Crippen LogP contribution in [0.25, 0.3) is 16.8 Å². The van der Waals surface area contributed by atoms with E-state index in [2.05, 4.69) is 25.1 Å². The van der Waals surface area contributed by atoms with Gasteiger partial charge in [-0.05, 0) is 48.4 Å². The molecule has 0 spiro atoms. The number of carbonyl (C=O) groups excluding carboxylic acids is 1. The van der Waals surface area contributed by atoms with Crippen LogP contribution in [0.3, 0.4) is 0 Å². The van der Waals surface area contributed by atoms with Crippen molar-refractivity contribution in [1.29, 1.82) is 0 Å². The highest BCUT2D eigenvalue weighted by molar-refractivity contribution is 8.27. The molecule has 1 amide bonds. The summed E-state index contributed by atoms with van der Waals surface area (Å²) in [6.07, 6.45) is 3.98. The van der Waals surface area contributed by atoms with Crippen LogP contribution in [0, 0.1) is 6.92 Å². The molecule has 0 N–H and O–H groups in total. The topological polar surface area (TPSA) is 29.5 Å². The van der Waals surface area contributed by atoms with E-state index in [9.17, 15) is 4.79 Å². The summed E-state index contributed by atoms with van der Waals surface area (Å²) in [5.41, 5.74) is 2.86. The molecule has 1 saturated heterocycles. The Balaban J connectivity index is 1.75. The lowest BCUT2D eigenvalue weighted by molar-refractivity contribution is -0.113. The normalized spacial score (nSPS) is 15.4. The van der Waals surface area contributed by atoms with Gasteiger partial charge in [-0.3, -0.25) is 9.69 Å². The predicted molar refractivity (Wildman–Crippen MR) is 131 cm³/mol. The number of hydrogen-bond donors (Lipinski definition) is 0. The van der Waals surface area contributed by atoms with Crippen LogP contribution in [0.1, 0.15) is 30.9 Å². The van der Waals surface area contributed by atoms with Crippen LogP contribution in [0.2, 0.25) is 0 Å². The number of amides is 1. The molecule has 3 aromatic carbocycles. The molecule has 0 unspecified atom stereocenters. The van der Waals surface area contributed by atoms with Crippen LogP contribution in [-0.2, 0) is 4.79 Å². The van der Waals surface area contributed by atoms with Gasteiger partial charge in [0.25, 0.3) is 5.91 Å². The fourth-order valence-corrected chi connectivity index (χ4v) is 4.67. The first-order valence-electron chi connectivity index (χ1n) is 10.1. The Kier molecular flexibility index (Phi) is 6.21. The maximum atomic E-state index is 13.2. The zero-order valence-corrected chi connectivity index (χ0v) is 18.7. The van der Waals surface area contributed by atoms with Crippen LogP contribution in [0.4, 0.5) is 5.69 Å². The largest absolute Gasteiger partial charge is 0.493 e. The number of carbonyl (C=O) groups is 1. The molecule has 152 valence electrons. The summed E-state index contributed by atoms with van der Waals surface area (Å²) in [6.45, 7) is 4.82. The minimum absolute atomic E-state index is 0.0960. The molecular formula is C25H23NO2S2. The Morgan fingerprint density at radius 1 is 1.07 bits per heavy atom. The number of nitrogens with zero attached hydrogens (tertiary/aromatic N) is 1. The average Bonchev–Trinajstić information content (AvgIpc) is 3.03. The van der Waals surface area contributed by atoms with Crippen LogP contribution < -0.4 is 9.64 Å². The van der Waals surface area contributed by atoms with Crippen molar-refractivity contribution in [2.24, 2.45) is 0 Å². The van der Waals surface area contributed by atoms with Crippen molar-refractivity contribution in [2.45, 2.75) is 26.7 Å². The molecule has 1 fully saturated rings. The van der Waals surface area contributed by atoms with E-state index in [1.807, 2.05) is 55.5 Å². The molecule has 0 bridgehead atoms. The second-order valence-electron chi connectivity index (χ2n) is 7.25. The summed E-state index contributed by atoms with van der Waals surface area (Å²) in [7, 11) is 0. The quantitative estimate of drug-likeness (QED) is 0.245. The molecule has 30 heavy (non-hydrogen) atoms. The van der Waals surface area contributed by atoms with Crippen LogP contribution >= 0.6 is 24.0 Å². The first-order chi connectivity index (χ1) is 14.6. The summed E-state index contributed by atoms with van der Waals surface area (Å²) in [5.74, 6) is 0.698. The standard InChI is InChI=1S/C25H23NO2S2/c1-3-4-15-28-22-14-11-18-7-5-6-8-20(18)21(22)16-23-24(27)26(25(29)30-23)19-12-9-17(2)10-13-19/h5-14,16H,3-4,15H2,1-2H3/b23-16+. The predicted octanol–water partition coefficient (Wildman–Crippen LogP) is 6.73. The smallest absolute Gasteiger partial charge is 0.270 e. The van der Waals surface area contributed by atoms with Crippen LogP contribution in [0.5, 0.6) is 5.75 Å². The lowest BCUT2D eigenvalue weighted by Gasteiger charge is -2.15. The highest BCUT2D eigenvalue weighted by Crippen LogP contribution is 2.39. The Morgan fingerprint density at radius 2 is 1.83 bits per heavy atom. The SMILES string of the molecule is CCCCOc1ccc2ccccc2c1/C=C1/SC(=S)N(c2ccc(C)cc2)C1=O. The van der Waals surface area contributed by atoms with E-state index in [4.69, 9.17) is 17.0 Å². The summed E-state index contributed by atoms with van der Waals surface area (Å²) < 4.78 is 6.62. The summed E-state index contributed by atoms with van der Waals surface area (Å²) in [6, 6.07) is 20.0. The highest BCUT2D eigenvalue weighted by atomic mass is 32.2. The first-order valence-corrected chi connectivity index (χ1v) is 11.3. The number of ether oxygens (including phenoxy) is 1. The van der Waals surface area contributed by atoms with Gasteiger partial charge in [0.05, 0.1) is 17.2 Å². The van der Waals surface area contributed by atoms with E-state index >= 15 is 0 Å². The fraction of sp³-hybridized carbons (Fsp3) is 0.200. The van der Waals surface area contributed by atoms with Gasteiger partial charge in [-0.25, -0.2) is 0 Å². The van der Waals surface area contributed by atoms with Gasteiger partial charge < -0.3 is 4.74 Å². The number of thioether (sulfide) groups is 1. The minimum atomic E-state index is -0.0960. The van der Waals surface area contributed by atoms with E-state index in [1.54, 1.807) is 4.90 Å². The molecule has 1 aliphatic heterocycles. The molecule has 0 atom stereocenters. The molecule has 1 heterocycles. The number of unbranched alkanes of at least 4 members (excludes halogenated alkanes) is 1. The van der Waals surface area contributed by atoms with Gasteiger partial charge in [0.2, 0.25) is 0 Å². The Hall–Kier alpha value is -2.63. The van der Waals surface area contributed by atoms with Gasteiger partial charge in [0, 0.05) is 5.56 Å². The number of benzene rings is 3. The van der Waals surface area contributed by atoms with Gasteiger partial charge in [-0.2, -0.15) is 0 Å². The Bertz CT molecular complexity index is 1140. The van der Waals surface area contributed by atoms with Gasteiger partial charge in [-0.15, -0.1) is 0 Å². The molecule has 4 rings (SSSR count). The molecule has 0 saturated carbocycles. The third-order valence-corrected chi connectivity index (χ3v) is 6.35. The average molecular weight is 434 g/mol. The molecule has 0 aliphatic carbocycles. The highest BCUT2D eigenvalue weighted by Gasteiger charge is 2.33. The van der Waals surface area contributed by atoms with Crippen molar-refractivity contribution in [3.05, 3.63) is 76.7 Å². The number of anilines is 1. The van der Waals surface area contributed by atoms with Gasteiger partial charge in [-0.1, -0.05) is 85.4 Å². The summed E-state index contributed by atoms with van der Waals surface area (Å²) >= 11 is 6.87. The number of fused-ring (bicyclic) bond motifs is 1. The maximum absolute atomic E-state index is 13.2. The van der Waals surface area contributed by atoms with Crippen LogP contribution in [-0.4, -0.2) is 16.8 Å². The monoisotopic (exact) mass is 433 g/mol. The Labute approximate surface area is 186 Å². The van der Waals surface area contributed by atoms with Gasteiger partial charge in [0.1, 0.15) is 5.75 Å². The second kappa shape index (κ2) is 9.02. The second-order valence-corrected chi connectivity index (χ2v) is 8.93. The lowest BCUT2D eigenvalue weighted by atomic mass is 10.0. The number of thiocarbonyl (C=S) groups is 1. The zero-order valence-electron chi connectivity index (χ0n) is 17.1.